The first-order chi connectivity index (χ1) is 7.82. The summed E-state index contributed by atoms with van der Waals surface area (Å²) in [6.45, 7) is 16.1. The van der Waals surface area contributed by atoms with Crippen molar-refractivity contribution in [1.82, 2.24) is 0 Å². The van der Waals surface area contributed by atoms with Crippen LogP contribution in [0.5, 0.6) is 0 Å². The highest BCUT2D eigenvalue weighted by Crippen LogP contribution is 2.17. The van der Waals surface area contributed by atoms with Crippen molar-refractivity contribution in [3.8, 4) is 0 Å². The van der Waals surface area contributed by atoms with Crippen LogP contribution in [0.1, 0.15) is 61.3 Å². The van der Waals surface area contributed by atoms with Crippen molar-refractivity contribution < 1.29 is 9.47 Å². The first-order valence-electron chi connectivity index (χ1n) is 7.10. The van der Waals surface area contributed by atoms with Gasteiger partial charge >= 0.3 is 0 Å². The van der Waals surface area contributed by atoms with Gasteiger partial charge in [-0.25, -0.2) is 0 Å². The Labute approximate surface area is 108 Å². The Hall–Kier alpha value is -0.0800. The Morgan fingerprint density at radius 2 is 1.47 bits per heavy atom. The van der Waals surface area contributed by atoms with Gasteiger partial charge in [0.25, 0.3) is 0 Å². The highest BCUT2D eigenvalue weighted by atomic mass is 16.5. The van der Waals surface area contributed by atoms with Crippen LogP contribution in [-0.4, -0.2) is 24.9 Å². The maximum absolute atomic E-state index is 6.12. The first kappa shape index (κ1) is 16.9. The molecule has 2 nitrogen and oxygen atoms in total. The van der Waals surface area contributed by atoms with Crippen LogP contribution in [0, 0.1) is 11.8 Å². The summed E-state index contributed by atoms with van der Waals surface area (Å²) in [4.78, 5) is 0. The van der Waals surface area contributed by atoms with Crippen molar-refractivity contribution in [3.05, 3.63) is 0 Å². The van der Waals surface area contributed by atoms with Gasteiger partial charge in [0.15, 0.2) is 0 Å². The van der Waals surface area contributed by atoms with Crippen molar-refractivity contribution in [2.75, 3.05) is 6.61 Å². The predicted molar refractivity (Wildman–Crippen MR) is 74.3 cm³/mol. The lowest BCUT2D eigenvalue weighted by molar-refractivity contribution is -0.0550. The molecule has 0 saturated carbocycles. The molecule has 0 aliphatic rings. The van der Waals surface area contributed by atoms with Crippen LogP contribution in [0.25, 0.3) is 0 Å². The zero-order valence-electron chi connectivity index (χ0n) is 12.8. The second-order valence-corrected chi connectivity index (χ2v) is 6.07. The van der Waals surface area contributed by atoms with E-state index in [9.17, 15) is 0 Å². The molecule has 0 spiro atoms. The predicted octanol–water partition coefficient (Wildman–Crippen LogP) is 4.28. The molecular formula is C15H32O2. The molecule has 0 aromatic heterocycles. The molecule has 104 valence electrons. The molecule has 0 bridgehead atoms. The van der Waals surface area contributed by atoms with E-state index in [-0.39, 0.29) is 0 Å². The number of ether oxygens (including phenoxy) is 2. The summed E-state index contributed by atoms with van der Waals surface area (Å²) in [6, 6.07) is 0. The molecule has 0 saturated heterocycles. The van der Waals surface area contributed by atoms with Crippen molar-refractivity contribution in [2.24, 2.45) is 11.8 Å². The molecule has 0 aromatic rings. The lowest BCUT2D eigenvalue weighted by Crippen LogP contribution is -2.27. The number of hydrogen-bond acceptors (Lipinski definition) is 2. The normalized spacial score (nSPS) is 15.9. The molecule has 0 radical (unpaired) electrons. The van der Waals surface area contributed by atoms with E-state index in [0.717, 1.165) is 19.4 Å². The SMILES string of the molecule is CC(C)CC(C)OC(CCOC(C)C)C(C)C. The quantitative estimate of drug-likeness (QED) is 0.603. The average Bonchev–Trinajstić information content (AvgIpc) is 2.13. The minimum absolute atomic E-state index is 0.316. The first-order valence-corrected chi connectivity index (χ1v) is 7.10. The summed E-state index contributed by atoms with van der Waals surface area (Å²) >= 11 is 0. The van der Waals surface area contributed by atoms with E-state index in [0.29, 0.717) is 30.1 Å². The topological polar surface area (TPSA) is 18.5 Å². The van der Waals surface area contributed by atoms with Gasteiger partial charge in [-0.15, -0.1) is 0 Å². The Morgan fingerprint density at radius 3 is 1.88 bits per heavy atom. The van der Waals surface area contributed by atoms with Gasteiger partial charge in [0, 0.05) is 6.61 Å². The molecule has 0 aliphatic carbocycles. The summed E-state index contributed by atoms with van der Waals surface area (Å²) in [6.07, 6.45) is 3.12. The molecule has 0 heterocycles. The van der Waals surface area contributed by atoms with Gasteiger partial charge in [-0.3, -0.25) is 0 Å². The van der Waals surface area contributed by atoms with E-state index < -0.39 is 0 Å². The van der Waals surface area contributed by atoms with Gasteiger partial charge < -0.3 is 9.47 Å². The minimum Gasteiger partial charge on any atom is -0.379 e. The molecule has 0 N–H and O–H groups in total. The molecule has 2 atom stereocenters. The van der Waals surface area contributed by atoms with Crippen LogP contribution in [0.15, 0.2) is 0 Å². The lowest BCUT2D eigenvalue weighted by Gasteiger charge is -2.26. The second kappa shape index (κ2) is 8.93. The highest BCUT2D eigenvalue weighted by Gasteiger charge is 2.18. The van der Waals surface area contributed by atoms with Gasteiger partial charge in [-0.1, -0.05) is 27.7 Å². The fourth-order valence-electron chi connectivity index (χ4n) is 2.00. The van der Waals surface area contributed by atoms with Crippen LogP contribution in [0.2, 0.25) is 0 Å². The van der Waals surface area contributed by atoms with Gasteiger partial charge in [-0.05, 0) is 45.4 Å². The largest absolute Gasteiger partial charge is 0.379 e. The van der Waals surface area contributed by atoms with Gasteiger partial charge in [0.05, 0.1) is 18.3 Å². The molecular weight excluding hydrogens is 212 g/mol. The molecule has 0 rings (SSSR count). The molecule has 0 fully saturated rings. The van der Waals surface area contributed by atoms with Crippen molar-refractivity contribution >= 4 is 0 Å². The maximum atomic E-state index is 6.12. The molecule has 2 unspecified atom stereocenters. The summed E-state index contributed by atoms with van der Waals surface area (Å²) in [5, 5.41) is 0. The summed E-state index contributed by atoms with van der Waals surface area (Å²) < 4.78 is 11.7. The third-order valence-electron chi connectivity index (χ3n) is 2.81. The Morgan fingerprint density at radius 1 is 0.882 bits per heavy atom. The smallest absolute Gasteiger partial charge is 0.0623 e. The van der Waals surface area contributed by atoms with E-state index in [1.165, 1.54) is 0 Å². The summed E-state index contributed by atoms with van der Waals surface area (Å²) in [7, 11) is 0. The average molecular weight is 244 g/mol. The maximum Gasteiger partial charge on any atom is 0.0623 e. The summed E-state index contributed by atoms with van der Waals surface area (Å²) in [5.41, 5.74) is 0. The Balaban J connectivity index is 3.97. The third kappa shape index (κ3) is 9.61. The monoisotopic (exact) mass is 244 g/mol. The van der Waals surface area contributed by atoms with Gasteiger partial charge in [-0.2, -0.15) is 0 Å². The highest BCUT2D eigenvalue weighted by molar-refractivity contribution is 4.66. The number of rotatable bonds is 9. The fourth-order valence-corrected chi connectivity index (χ4v) is 2.00. The third-order valence-corrected chi connectivity index (χ3v) is 2.81. The zero-order chi connectivity index (χ0) is 13.4. The van der Waals surface area contributed by atoms with Crippen molar-refractivity contribution in [2.45, 2.75) is 79.6 Å². The van der Waals surface area contributed by atoms with Crippen molar-refractivity contribution in [1.29, 1.82) is 0 Å². The van der Waals surface area contributed by atoms with E-state index in [4.69, 9.17) is 9.47 Å². The molecule has 17 heavy (non-hydrogen) atoms. The molecule has 0 amide bonds. The van der Waals surface area contributed by atoms with Gasteiger partial charge in [0.1, 0.15) is 0 Å². The molecule has 2 heteroatoms. The Kier molecular flexibility index (Phi) is 8.89. The van der Waals surface area contributed by atoms with Crippen molar-refractivity contribution in [3.63, 3.8) is 0 Å². The Bertz CT molecular complexity index is 176. The van der Waals surface area contributed by atoms with Crippen LogP contribution >= 0.6 is 0 Å². The summed E-state index contributed by atoms with van der Waals surface area (Å²) in [5.74, 6) is 1.25. The van der Waals surface area contributed by atoms with E-state index in [1.54, 1.807) is 0 Å². The van der Waals surface area contributed by atoms with E-state index >= 15 is 0 Å². The van der Waals surface area contributed by atoms with E-state index in [2.05, 4.69) is 48.5 Å². The standard InChI is InChI=1S/C15H32O2/c1-11(2)10-14(7)17-15(12(3)4)8-9-16-13(5)6/h11-15H,8-10H2,1-7H3. The molecule has 0 aliphatic heterocycles. The second-order valence-electron chi connectivity index (χ2n) is 6.07. The number of hydrogen-bond donors (Lipinski definition) is 0. The van der Waals surface area contributed by atoms with Crippen LogP contribution in [0.4, 0.5) is 0 Å². The van der Waals surface area contributed by atoms with E-state index in [1.807, 2.05) is 0 Å². The zero-order valence-corrected chi connectivity index (χ0v) is 12.8. The van der Waals surface area contributed by atoms with Gasteiger partial charge in [0.2, 0.25) is 0 Å². The fraction of sp³-hybridized carbons (Fsp3) is 1.00. The van der Waals surface area contributed by atoms with Crippen LogP contribution in [-0.2, 0) is 9.47 Å². The van der Waals surface area contributed by atoms with Crippen LogP contribution in [0.3, 0.4) is 0 Å². The minimum atomic E-state index is 0.316. The van der Waals surface area contributed by atoms with Crippen LogP contribution < -0.4 is 0 Å². The lowest BCUT2D eigenvalue weighted by atomic mass is 10.0. The molecule has 0 aromatic carbocycles.